The Morgan fingerprint density at radius 2 is 1.74 bits per heavy atom. The Morgan fingerprint density at radius 1 is 1.11 bits per heavy atom. The third kappa shape index (κ3) is 3.17. The van der Waals surface area contributed by atoms with Crippen LogP contribution in [0.25, 0.3) is 0 Å². The normalized spacial score (nSPS) is 35.1. The largest absolute Gasteiger partial charge is 0.394 e. The van der Waals surface area contributed by atoms with Crippen LogP contribution in [-0.4, -0.2) is 57.7 Å². The van der Waals surface area contributed by atoms with Crippen LogP contribution in [0.3, 0.4) is 0 Å². The third-order valence-corrected chi connectivity index (χ3v) is 3.33. The Hall–Kier alpha value is -0.890. The summed E-state index contributed by atoms with van der Waals surface area (Å²) < 4.78 is 5.03. The van der Waals surface area contributed by atoms with Crippen molar-refractivity contribution in [3.8, 4) is 0 Å². The van der Waals surface area contributed by atoms with E-state index in [1.807, 2.05) is 0 Å². The molecule has 5 N–H and O–H groups in total. The van der Waals surface area contributed by atoms with E-state index < -0.39 is 37.3 Å². The maximum Gasteiger partial charge on any atom is 0.178 e. The average molecular weight is 290 g/mol. The van der Waals surface area contributed by atoms with E-state index in [-0.39, 0.29) is 0 Å². The van der Waals surface area contributed by atoms with Gasteiger partial charge in [0, 0.05) is 10.7 Å². The zero-order valence-corrected chi connectivity index (χ0v) is 10.7. The zero-order chi connectivity index (χ0) is 14.0. The molecular formula is C12H16ClNO5. The monoisotopic (exact) mass is 289 g/mol. The molecule has 1 aliphatic heterocycles. The van der Waals surface area contributed by atoms with Crippen LogP contribution in [0.5, 0.6) is 0 Å². The van der Waals surface area contributed by atoms with Gasteiger partial charge in [-0.3, -0.25) is 0 Å². The molecule has 1 fully saturated rings. The molecule has 0 amide bonds. The van der Waals surface area contributed by atoms with Gasteiger partial charge in [0.2, 0.25) is 0 Å². The van der Waals surface area contributed by atoms with E-state index in [0.717, 1.165) is 0 Å². The van der Waals surface area contributed by atoms with E-state index in [0.29, 0.717) is 10.7 Å². The standard InChI is InChI=1S/C12H16ClNO5/c13-6-1-3-7(4-2-6)14-9-11(17)10(16)8(5-15)19-12(9)18/h1-4,8-12,14-18H,5H2/t8-,9-,10-,11-,12?/m1/s1. The van der Waals surface area contributed by atoms with Gasteiger partial charge in [0.25, 0.3) is 0 Å². The molecule has 1 aromatic rings. The maximum atomic E-state index is 9.94. The highest BCUT2D eigenvalue weighted by Gasteiger charge is 2.43. The van der Waals surface area contributed by atoms with E-state index in [1.54, 1.807) is 24.3 Å². The van der Waals surface area contributed by atoms with Crippen molar-refractivity contribution >= 4 is 17.3 Å². The fourth-order valence-electron chi connectivity index (χ4n) is 1.99. The number of anilines is 1. The van der Waals surface area contributed by atoms with Gasteiger partial charge < -0.3 is 30.5 Å². The molecule has 1 unspecified atom stereocenters. The molecule has 7 heteroatoms. The predicted molar refractivity (Wildman–Crippen MR) is 68.8 cm³/mol. The second kappa shape index (κ2) is 6.04. The Kier molecular flexibility index (Phi) is 4.62. The molecule has 19 heavy (non-hydrogen) atoms. The van der Waals surface area contributed by atoms with Gasteiger partial charge in [-0.15, -0.1) is 0 Å². The minimum atomic E-state index is -1.34. The lowest BCUT2D eigenvalue weighted by atomic mass is 9.97. The van der Waals surface area contributed by atoms with Crippen molar-refractivity contribution in [3.63, 3.8) is 0 Å². The number of ether oxygens (including phenoxy) is 1. The first-order chi connectivity index (χ1) is 9.02. The fourth-order valence-corrected chi connectivity index (χ4v) is 2.12. The van der Waals surface area contributed by atoms with E-state index in [2.05, 4.69) is 5.32 Å². The second-order valence-electron chi connectivity index (χ2n) is 4.41. The van der Waals surface area contributed by atoms with E-state index in [4.69, 9.17) is 21.4 Å². The van der Waals surface area contributed by atoms with Crippen LogP contribution in [0.1, 0.15) is 0 Å². The summed E-state index contributed by atoms with van der Waals surface area (Å²) in [5.74, 6) is 0. The number of halogens is 1. The summed E-state index contributed by atoms with van der Waals surface area (Å²) in [7, 11) is 0. The molecule has 1 saturated heterocycles. The number of aliphatic hydroxyl groups is 4. The van der Waals surface area contributed by atoms with Crippen molar-refractivity contribution in [3.05, 3.63) is 29.3 Å². The molecule has 0 bridgehead atoms. The second-order valence-corrected chi connectivity index (χ2v) is 4.84. The first-order valence-electron chi connectivity index (χ1n) is 5.85. The van der Waals surface area contributed by atoms with Crippen LogP contribution in [0.15, 0.2) is 24.3 Å². The number of nitrogens with one attached hydrogen (secondary N) is 1. The van der Waals surface area contributed by atoms with Crippen LogP contribution in [-0.2, 0) is 4.74 Å². The molecule has 0 radical (unpaired) electrons. The minimum Gasteiger partial charge on any atom is -0.394 e. The summed E-state index contributed by atoms with van der Waals surface area (Å²) in [4.78, 5) is 0. The van der Waals surface area contributed by atoms with Gasteiger partial charge in [-0.25, -0.2) is 0 Å². The van der Waals surface area contributed by atoms with Crippen LogP contribution >= 0.6 is 11.6 Å². The quantitative estimate of drug-likeness (QED) is 0.517. The number of rotatable bonds is 3. The smallest absolute Gasteiger partial charge is 0.178 e. The Morgan fingerprint density at radius 3 is 2.32 bits per heavy atom. The molecular weight excluding hydrogens is 274 g/mol. The molecule has 6 nitrogen and oxygen atoms in total. The van der Waals surface area contributed by atoms with Gasteiger partial charge in [0.15, 0.2) is 6.29 Å². The van der Waals surface area contributed by atoms with Gasteiger partial charge >= 0.3 is 0 Å². The Labute approximate surface area is 115 Å². The highest BCUT2D eigenvalue weighted by molar-refractivity contribution is 6.30. The van der Waals surface area contributed by atoms with Crippen molar-refractivity contribution in [2.24, 2.45) is 0 Å². The number of benzene rings is 1. The molecule has 1 heterocycles. The number of hydrogen-bond acceptors (Lipinski definition) is 6. The van der Waals surface area contributed by atoms with E-state index in [1.165, 1.54) is 0 Å². The molecule has 0 aromatic heterocycles. The summed E-state index contributed by atoms with van der Waals surface area (Å²) >= 11 is 5.75. The average Bonchev–Trinajstić information content (AvgIpc) is 2.41. The number of aliphatic hydroxyl groups excluding tert-OH is 4. The van der Waals surface area contributed by atoms with Gasteiger partial charge in [0.05, 0.1) is 6.61 Å². The molecule has 2 rings (SSSR count). The lowest BCUT2D eigenvalue weighted by Gasteiger charge is -2.40. The number of hydrogen-bond donors (Lipinski definition) is 5. The molecule has 5 atom stereocenters. The first kappa shape index (κ1) is 14.5. The van der Waals surface area contributed by atoms with Gasteiger partial charge in [-0.05, 0) is 24.3 Å². The van der Waals surface area contributed by atoms with Crippen molar-refractivity contribution in [1.29, 1.82) is 0 Å². The Balaban J connectivity index is 2.09. The lowest BCUT2D eigenvalue weighted by Crippen LogP contribution is -2.61. The predicted octanol–water partition coefficient (Wildman–Crippen LogP) is -0.448. The summed E-state index contributed by atoms with van der Waals surface area (Å²) in [6.07, 6.45) is -4.89. The molecule has 1 aliphatic rings. The van der Waals surface area contributed by atoms with E-state index >= 15 is 0 Å². The molecule has 0 spiro atoms. The van der Waals surface area contributed by atoms with Crippen LogP contribution < -0.4 is 5.32 Å². The van der Waals surface area contributed by atoms with Gasteiger partial charge in [0.1, 0.15) is 24.4 Å². The summed E-state index contributed by atoms with van der Waals surface area (Å²) in [6, 6.07) is 5.75. The van der Waals surface area contributed by atoms with Crippen molar-refractivity contribution in [2.75, 3.05) is 11.9 Å². The summed E-state index contributed by atoms with van der Waals surface area (Å²) in [6.45, 7) is -0.483. The third-order valence-electron chi connectivity index (χ3n) is 3.08. The highest BCUT2D eigenvalue weighted by Crippen LogP contribution is 2.23. The molecule has 106 valence electrons. The van der Waals surface area contributed by atoms with Crippen molar-refractivity contribution in [2.45, 2.75) is 30.6 Å². The van der Waals surface area contributed by atoms with Crippen molar-refractivity contribution < 1.29 is 25.2 Å². The molecule has 0 aliphatic carbocycles. The minimum absolute atomic E-state index is 0.483. The lowest BCUT2D eigenvalue weighted by molar-refractivity contribution is -0.245. The van der Waals surface area contributed by atoms with Crippen LogP contribution in [0.4, 0.5) is 5.69 Å². The summed E-state index contributed by atoms with van der Waals surface area (Å²) in [5, 5.41) is 41.8. The molecule has 0 saturated carbocycles. The van der Waals surface area contributed by atoms with Crippen LogP contribution in [0, 0.1) is 0 Å². The van der Waals surface area contributed by atoms with Crippen molar-refractivity contribution in [1.82, 2.24) is 0 Å². The van der Waals surface area contributed by atoms with Crippen LogP contribution in [0.2, 0.25) is 5.02 Å². The van der Waals surface area contributed by atoms with Gasteiger partial charge in [-0.2, -0.15) is 0 Å². The highest BCUT2D eigenvalue weighted by atomic mass is 35.5. The SMILES string of the molecule is OC[C@H]1OC(O)[C@H](Nc2ccc(Cl)cc2)[C@@H](O)[C@@H]1O. The topological polar surface area (TPSA) is 102 Å². The van der Waals surface area contributed by atoms with Gasteiger partial charge in [-0.1, -0.05) is 11.6 Å². The van der Waals surface area contributed by atoms with E-state index in [9.17, 15) is 15.3 Å². The molecule has 1 aromatic carbocycles. The fraction of sp³-hybridized carbons (Fsp3) is 0.500. The summed E-state index contributed by atoms with van der Waals surface area (Å²) in [5.41, 5.74) is 0.616. The first-order valence-corrected chi connectivity index (χ1v) is 6.23. The zero-order valence-electron chi connectivity index (χ0n) is 9.98. The maximum absolute atomic E-state index is 9.94. The Bertz CT molecular complexity index is 415.